The first-order valence-corrected chi connectivity index (χ1v) is 6.03. The molecular weight excluding hydrogens is 224 g/mol. The van der Waals surface area contributed by atoms with Crippen molar-refractivity contribution >= 4 is 17.1 Å². The van der Waals surface area contributed by atoms with Crippen LogP contribution in [-0.4, -0.2) is 11.2 Å². The maximum Gasteiger partial charge on any atom is 0.0617 e. The third kappa shape index (κ3) is 3.25. The second-order valence-electron chi connectivity index (χ2n) is 4.46. The first-order chi connectivity index (χ1) is 8.65. The van der Waals surface area contributed by atoms with Gasteiger partial charge in [-0.15, -0.1) is 0 Å². The number of hydrogen-bond donors (Lipinski definition) is 3. The zero-order valence-electron chi connectivity index (χ0n) is 10.4. The van der Waals surface area contributed by atoms with Crippen LogP contribution < -0.4 is 11.1 Å². The Bertz CT molecular complexity index is 506. The van der Waals surface area contributed by atoms with E-state index in [2.05, 4.69) is 5.32 Å². The highest BCUT2D eigenvalue weighted by atomic mass is 16.3. The van der Waals surface area contributed by atoms with Gasteiger partial charge in [0.1, 0.15) is 0 Å². The molecule has 0 spiro atoms. The molecule has 2 aromatic carbocycles. The summed E-state index contributed by atoms with van der Waals surface area (Å²) in [6.45, 7) is 1.79. The minimum Gasteiger partial charge on any atom is -0.397 e. The van der Waals surface area contributed by atoms with Crippen LogP contribution in [0.4, 0.5) is 17.1 Å². The number of anilines is 3. The summed E-state index contributed by atoms with van der Waals surface area (Å²) < 4.78 is 0. The van der Waals surface area contributed by atoms with Crippen LogP contribution in [0.15, 0.2) is 48.5 Å². The highest BCUT2D eigenvalue weighted by Gasteiger charge is 2.01. The Morgan fingerprint density at radius 1 is 1.11 bits per heavy atom. The number of aliphatic hydroxyl groups excluding tert-OH is 1. The number of rotatable bonds is 4. The molecule has 0 aliphatic heterocycles. The fourth-order valence-electron chi connectivity index (χ4n) is 1.83. The van der Waals surface area contributed by atoms with Gasteiger partial charge in [0, 0.05) is 5.69 Å². The zero-order valence-corrected chi connectivity index (χ0v) is 10.4. The molecule has 0 fully saturated rings. The van der Waals surface area contributed by atoms with Gasteiger partial charge in [0.25, 0.3) is 0 Å². The van der Waals surface area contributed by atoms with Crippen molar-refractivity contribution in [2.45, 2.75) is 19.4 Å². The molecule has 0 bridgehead atoms. The minimum absolute atomic E-state index is 0.312. The van der Waals surface area contributed by atoms with Gasteiger partial charge in [-0.05, 0) is 43.2 Å². The van der Waals surface area contributed by atoms with Crippen LogP contribution in [0.3, 0.4) is 0 Å². The van der Waals surface area contributed by atoms with Crippen molar-refractivity contribution in [2.24, 2.45) is 0 Å². The molecule has 0 radical (unpaired) electrons. The topological polar surface area (TPSA) is 58.3 Å². The fourth-order valence-corrected chi connectivity index (χ4v) is 1.83. The maximum absolute atomic E-state index is 9.31. The predicted molar refractivity (Wildman–Crippen MR) is 76.0 cm³/mol. The van der Waals surface area contributed by atoms with Crippen molar-refractivity contribution in [2.75, 3.05) is 11.1 Å². The molecular formula is C15H18N2O. The first kappa shape index (κ1) is 12.5. The van der Waals surface area contributed by atoms with E-state index in [1.54, 1.807) is 6.92 Å². The van der Waals surface area contributed by atoms with Crippen LogP contribution in [-0.2, 0) is 6.42 Å². The molecule has 2 rings (SSSR count). The van der Waals surface area contributed by atoms with Crippen LogP contribution in [0.1, 0.15) is 12.5 Å². The standard InChI is InChI=1S/C15H18N2O/c1-11(18)10-12-6-8-13(9-7-12)17-15-5-3-2-4-14(15)16/h2-9,11,17-18H,10,16H2,1H3/t11-/m1/s1. The van der Waals surface area contributed by atoms with Gasteiger partial charge in [-0.2, -0.15) is 0 Å². The Balaban J connectivity index is 2.09. The van der Waals surface area contributed by atoms with E-state index in [9.17, 15) is 5.11 Å². The first-order valence-electron chi connectivity index (χ1n) is 6.03. The second-order valence-corrected chi connectivity index (χ2v) is 4.46. The Hall–Kier alpha value is -2.00. The van der Waals surface area contributed by atoms with Crippen molar-refractivity contribution in [3.63, 3.8) is 0 Å². The van der Waals surface area contributed by atoms with E-state index < -0.39 is 0 Å². The number of nitrogens with two attached hydrogens (primary N) is 1. The molecule has 3 heteroatoms. The summed E-state index contributed by atoms with van der Waals surface area (Å²) in [5.41, 5.74) is 9.61. The van der Waals surface area contributed by atoms with Crippen molar-refractivity contribution in [1.29, 1.82) is 0 Å². The van der Waals surface area contributed by atoms with Crippen molar-refractivity contribution < 1.29 is 5.11 Å². The number of nitrogen functional groups attached to an aromatic ring is 1. The Morgan fingerprint density at radius 3 is 2.39 bits per heavy atom. The smallest absolute Gasteiger partial charge is 0.0617 e. The zero-order chi connectivity index (χ0) is 13.0. The summed E-state index contributed by atoms with van der Waals surface area (Å²) in [5.74, 6) is 0. The summed E-state index contributed by atoms with van der Waals surface area (Å²) in [7, 11) is 0. The van der Waals surface area contributed by atoms with Gasteiger partial charge >= 0.3 is 0 Å². The normalized spacial score (nSPS) is 12.1. The average molecular weight is 242 g/mol. The van der Waals surface area contributed by atoms with E-state index in [0.717, 1.165) is 22.6 Å². The van der Waals surface area contributed by atoms with Crippen LogP contribution in [0.5, 0.6) is 0 Å². The molecule has 0 aliphatic rings. The lowest BCUT2D eigenvalue weighted by Crippen LogP contribution is -2.04. The molecule has 3 nitrogen and oxygen atoms in total. The Morgan fingerprint density at radius 2 is 1.78 bits per heavy atom. The SMILES string of the molecule is C[C@@H](O)Cc1ccc(Nc2ccccc2N)cc1. The highest BCUT2D eigenvalue weighted by molar-refractivity contribution is 5.72. The molecule has 0 amide bonds. The Labute approximate surface area is 107 Å². The molecule has 0 saturated carbocycles. The summed E-state index contributed by atoms with van der Waals surface area (Å²) in [5, 5.41) is 12.6. The molecule has 0 saturated heterocycles. The van der Waals surface area contributed by atoms with Crippen LogP contribution >= 0.6 is 0 Å². The number of nitrogens with one attached hydrogen (secondary N) is 1. The van der Waals surface area contributed by atoms with Gasteiger partial charge in [-0.1, -0.05) is 24.3 Å². The van der Waals surface area contributed by atoms with E-state index >= 15 is 0 Å². The number of aliphatic hydroxyl groups is 1. The van der Waals surface area contributed by atoms with Crippen LogP contribution in [0.25, 0.3) is 0 Å². The minimum atomic E-state index is -0.312. The largest absolute Gasteiger partial charge is 0.397 e. The lowest BCUT2D eigenvalue weighted by Gasteiger charge is -2.10. The quantitative estimate of drug-likeness (QED) is 0.722. The second kappa shape index (κ2) is 5.56. The highest BCUT2D eigenvalue weighted by Crippen LogP contribution is 2.22. The van der Waals surface area contributed by atoms with E-state index in [-0.39, 0.29) is 6.10 Å². The monoisotopic (exact) mass is 242 g/mol. The van der Waals surface area contributed by atoms with Crippen molar-refractivity contribution in [3.05, 3.63) is 54.1 Å². The summed E-state index contributed by atoms with van der Waals surface area (Å²) in [6, 6.07) is 15.7. The van der Waals surface area contributed by atoms with Gasteiger partial charge in [-0.3, -0.25) is 0 Å². The van der Waals surface area contributed by atoms with Gasteiger partial charge in [0.2, 0.25) is 0 Å². The molecule has 94 valence electrons. The predicted octanol–water partition coefficient (Wildman–Crippen LogP) is 2.94. The number of para-hydroxylation sites is 2. The van der Waals surface area contributed by atoms with Crippen LogP contribution in [0, 0.1) is 0 Å². The van der Waals surface area contributed by atoms with Crippen molar-refractivity contribution in [3.8, 4) is 0 Å². The molecule has 18 heavy (non-hydrogen) atoms. The molecule has 1 atom stereocenters. The van der Waals surface area contributed by atoms with Gasteiger partial charge < -0.3 is 16.2 Å². The lowest BCUT2D eigenvalue weighted by molar-refractivity contribution is 0.195. The summed E-state index contributed by atoms with van der Waals surface area (Å²) in [6.07, 6.45) is 0.363. The van der Waals surface area contributed by atoms with Gasteiger partial charge in [-0.25, -0.2) is 0 Å². The van der Waals surface area contributed by atoms with Crippen molar-refractivity contribution in [1.82, 2.24) is 0 Å². The van der Waals surface area contributed by atoms with E-state index in [4.69, 9.17) is 5.73 Å². The number of hydrogen-bond acceptors (Lipinski definition) is 3. The van der Waals surface area contributed by atoms with Gasteiger partial charge in [0.15, 0.2) is 0 Å². The summed E-state index contributed by atoms with van der Waals surface area (Å²) >= 11 is 0. The van der Waals surface area contributed by atoms with E-state index in [0.29, 0.717) is 6.42 Å². The van der Waals surface area contributed by atoms with Crippen LogP contribution in [0.2, 0.25) is 0 Å². The van der Waals surface area contributed by atoms with Gasteiger partial charge in [0.05, 0.1) is 17.5 Å². The lowest BCUT2D eigenvalue weighted by atomic mass is 10.1. The third-order valence-electron chi connectivity index (χ3n) is 2.72. The molecule has 4 N–H and O–H groups in total. The molecule has 0 aliphatic carbocycles. The fraction of sp³-hybridized carbons (Fsp3) is 0.200. The molecule has 2 aromatic rings. The Kier molecular flexibility index (Phi) is 3.85. The summed E-state index contributed by atoms with van der Waals surface area (Å²) in [4.78, 5) is 0. The van der Waals surface area contributed by atoms with E-state index in [1.807, 2.05) is 48.5 Å². The average Bonchev–Trinajstić information content (AvgIpc) is 2.34. The molecule has 0 aromatic heterocycles. The third-order valence-corrected chi connectivity index (χ3v) is 2.72. The molecule has 0 heterocycles. The maximum atomic E-state index is 9.31. The molecule has 0 unspecified atom stereocenters. The van der Waals surface area contributed by atoms with E-state index in [1.165, 1.54) is 0 Å². The number of benzene rings is 2.